The minimum absolute atomic E-state index is 0.115. The SMILES string of the molecule is CC(CS(C)(=O)=O)n1nnnc1-c1cc(N)cc(F)c1. The Bertz CT molecular complexity index is 708. The molecule has 0 spiro atoms. The van der Waals surface area contributed by atoms with Crippen molar-refractivity contribution in [3.63, 3.8) is 0 Å². The van der Waals surface area contributed by atoms with Crippen molar-refractivity contribution >= 4 is 15.5 Å². The zero-order chi connectivity index (χ0) is 14.9. The van der Waals surface area contributed by atoms with Crippen molar-refractivity contribution in [2.45, 2.75) is 13.0 Å². The Hall–Kier alpha value is -2.03. The molecule has 9 heteroatoms. The summed E-state index contributed by atoms with van der Waals surface area (Å²) in [5.41, 5.74) is 6.22. The van der Waals surface area contributed by atoms with Crippen LogP contribution in [-0.2, 0) is 9.84 Å². The van der Waals surface area contributed by atoms with E-state index in [2.05, 4.69) is 15.5 Å². The number of aromatic nitrogens is 4. The smallest absolute Gasteiger partial charge is 0.182 e. The van der Waals surface area contributed by atoms with Crippen molar-refractivity contribution in [2.24, 2.45) is 0 Å². The molecule has 0 radical (unpaired) electrons. The van der Waals surface area contributed by atoms with E-state index in [4.69, 9.17) is 5.73 Å². The summed E-state index contributed by atoms with van der Waals surface area (Å²) in [6.45, 7) is 1.67. The summed E-state index contributed by atoms with van der Waals surface area (Å²) >= 11 is 0. The van der Waals surface area contributed by atoms with E-state index in [1.165, 1.54) is 22.9 Å². The first-order chi connectivity index (χ1) is 9.26. The third-order valence-electron chi connectivity index (χ3n) is 2.63. The van der Waals surface area contributed by atoms with Crippen molar-refractivity contribution in [3.05, 3.63) is 24.0 Å². The van der Waals surface area contributed by atoms with Crippen LogP contribution in [0.3, 0.4) is 0 Å². The van der Waals surface area contributed by atoms with Crippen LogP contribution < -0.4 is 5.73 Å². The van der Waals surface area contributed by atoms with Gasteiger partial charge in [-0.1, -0.05) is 0 Å². The summed E-state index contributed by atoms with van der Waals surface area (Å²) in [6.07, 6.45) is 1.13. The molecule has 108 valence electrons. The van der Waals surface area contributed by atoms with Crippen LogP contribution in [0.25, 0.3) is 11.4 Å². The molecule has 2 rings (SSSR count). The number of nitrogens with zero attached hydrogens (tertiary/aromatic N) is 4. The van der Waals surface area contributed by atoms with Gasteiger partial charge in [0.1, 0.15) is 15.7 Å². The van der Waals surface area contributed by atoms with Crippen LogP contribution in [0.5, 0.6) is 0 Å². The molecule has 2 N–H and O–H groups in total. The lowest BCUT2D eigenvalue weighted by atomic mass is 10.2. The fourth-order valence-electron chi connectivity index (χ4n) is 1.93. The highest BCUT2D eigenvalue weighted by atomic mass is 32.2. The molecule has 2 aromatic rings. The third-order valence-corrected chi connectivity index (χ3v) is 3.72. The van der Waals surface area contributed by atoms with Crippen molar-refractivity contribution in [2.75, 3.05) is 17.7 Å². The van der Waals surface area contributed by atoms with Crippen molar-refractivity contribution < 1.29 is 12.8 Å². The molecule has 0 bridgehead atoms. The topological polar surface area (TPSA) is 104 Å². The Labute approximate surface area is 115 Å². The number of anilines is 1. The zero-order valence-corrected chi connectivity index (χ0v) is 11.8. The van der Waals surface area contributed by atoms with Crippen molar-refractivity contribution in [1.82, 2.24) is 20.2 Å². The van der Waals surface area contributed by atoms with Gasteiger partial charge < -0.3 is 5.73 Å². The molecule has 0 aliphatic heterocycles. The van der Waals surface area contributed by atoms with Gasteiger partial charge in [0.25, 0.3) is 0 Å². The number of hydrogen-bond donors (Lipinski definition) is 1. The summed E-state index contributed by atoms with van der Waals surface area (Å²) < 4.78 is 37.4. The highest BCUT2D eigenvalue weighted by Gasteiger charge is 2.19. The van der Waals surface area contributed by atoms with Crippen LogP contribution in [0, 0.1) is 5.82 Å². The second-order valence-corrected chi connectivity index (χ2v) is 6.85. The van der Waals surface area contributed by atoms with Gasteiger partial charge in [-0.2, -0.15) is 0 Å². The molecular weight excluding hydrogens is 285 g/mol. The van der Waals surface area contributed by atoms with E-state index in [-0.39, 0.29) is 17.3 Å². The van der Waals surface area contributed by atoms with Gasteiger partial charge >= 0.3 is 0 Å². The largest absolute Gasteiger partial charge is 0.399 e. The summed E-state index contributed by atoms with van der Waals surface area (Å²) in [6, 6.07) is 3.47. The van der Waals surface area contributed by atoms with Gasteiger partial charge in [0.05, 0.1) is 11.8 Å². The molecule has 0 aliphatic carbocycles. The standard InChI is InChI=1S/C11H14FN5O2S/c1-7(6-20(2,18)19)17-11(14-15-16-17)8-3-9(12)5-10(13)4-8/h3-5,7H,6,13H2,1-2H3. The molecule has 1 atom stereocenters. The van der Waals surface area contributed by atoms with Crippen LogP contribution in [-0.4, -0.2) is 40.6 Å². The van der Waals surface area contributed by atoms with Crippen LogP contribution >= 0.6 is 0 Å². The molecule has 0 aliphatic rings. The maximum Gasteiger partial charge on any atom is 0.182 e. The number of hydrogen-bond acceptors (Lipinski definition) is 6. The van der Waals surface area contributed by atoms with Gasteiger partial charge in [-0.3, -0.25) is 0 Å². The summed E-state index contributed by atoms with van der Waals surface area (Å²) in [5, 5.41) is 11.1. The molecule has 0 amide bonds. The predicted octanol–water partition coefficient (Wildman–Crippen LogP) is 0.667. The average molecular weight is 299 g/mol. The fraction of sp³-hybridized carbons (Fsp3) is 0.364. The molecule has 7 nitrogen and oxygen atoms in total. The second kappa shape index (κ2) is 5.16. The Balaban J connectivity index is 2.42. The second-order valence-electron chi connectivity index (χ2n) is 4.66. The molecule has 1 aromatic carbocycles. The molecule has 1 unspecified atom stereocenters. The predicted molar refractivity (Wildman–Crippen MR) is 72.0 cm³/mol. The molecule has 20 heavy (non-hydrogen) atoms. The van der Waals surface area contributed by atoms with Gasteiger partial charge in [0, 0.05) is 17.5 Å². The highest BCUT2D eigenvalue weighted by molar-refractivity contribution is 7.90. The third kappa shape index (κ3) is 3.29. The quantitative estimate of drug-likeness (QED) is 0.832. The average Bonchev–Trinajstić information content (AvgIpc) is 2.73. The van der Waals surface area contributed by atoms with Crippen LogP contribution in [0.2, 0.25) is 0 Å². The first-order valence-corrected chi connectivity index (χ1v) is 7.84. The fourth-order valence-corrected chi connectivity index (χ4v) is 2.95. The molecule has 1 aromatic heterocycles. The van der Waals surface area contributed by atoms with E-state index < -0.39 is 21.7 Å². The monoisotopic (exact) mass is 299 g/mol. The van der Waals surface area contributed by atoms with Gasteiger partial charge in [-0.25, -0.2) is 17.5 Å². The van der Waals surface area contributed by atoms with Gasteiger partial charge in [0.15, 0.2) is 5.82 Å². The van der Waals surface area contributed by atoms with E-state index in [0.717, 1.165) is 6.26 Å². The Morgan fingerprint density at radius 3 is 2.70 bits per heavy atom. The van der Waals surface area contributed by atoms with Gasteiger partial charge in [0.2, 0.25) is 0 Å². The van der Waals surface area contributed by atoms with E-state index in [9.17, 15) is 12.8 Å². The van der Waals surface area contributed by atoms with Crippen molar-refractivity contribution in [1.29, 1.82) is 0 Å². The van der Waals surface area contributed by atoms with Crippen molar-refractivity contribution in [3.8, 4) is 11.4 Å². The minimum atomic E-state index is -3.18. The Kier molecular flexibility index (Phi) is 3.71. The lowest BCUT2D eigenvalue weighted by Gasteiger charge is -2.12. The number of benzene rings is 1. The first-order valence-electron chi connectivity index (χ1n) is 5.78. The minimum Gasteiger partial charge on any atom is -0.399 e. The van der Waals surface area contributed by atoms with E-state index >= 15 is 0 Å². The van der Waals surface area contributed by atoms with E-state index in [1.54, 1.807) is 6.92 Å². The summed E-state index contributed by atoms with van der Waals surface area (Å²) in [4.78, 5) is 0. The number of nitrogens with two attached hydrogens (primary N) is 1. The zero-order valence-electron chi connectivity index (χ0n) is 11.0. The summed E-state index contributed by atoms with van der Waals surface area (Å²) in [7, 11) is -3.18. The first kappa shape index (κ1) is 14.4. The van der Waals surface area contributed by atoms with Gasteiger partial charge in [-0.15, -0.1) is 5.10 Å². The maximum absolute atomic E-state index is 13.4. The molecule has 0 fully saturated rings. The maximum atomic E-state index is 13.4. The Morgan fingerprint density at radius 2 is 2.10 bits per heavy atom. The van der Waals surface area contributed by atoms with Crippen LogP contribution in [0.4, 0.5) is 10.1 Å². The Morgan fingerprint density at radius 1 is 1.40 bits per heavy atom. The number of tetrazole rings is 1. The lowest BCUT2D eigenvalue weighted by Crippen LogP contribution is -2.18. The van der Waals surface area contributed by atoms with Crippen LogP contribution in [0.15, 0.2) is 18.2 Å². The molecule has 0 saturated heterocycles. The highest BCUT2D eigenvalue weighted by Crippen LogP contribution is 2.23. The van der Waals surface area contributed by atoms with Gasteiger partial charge in [-0.05, 0) is 35.5 Å². The molecule has 1 heterocycles. The number of sulfone groups is 1. The summed E-state index contributed by atoms with van der Waals surface area (Å²) in [5.74, 6) is -0.354. The molecule has 0 saturated carbocycles. The number of rotatable bonds is 4. The van der Waals surface area contributed by atoms with E-state index in [1.807, 2.05) is 0 Å². The molecular formula is C11H14FN5O2S. The number of nitrogen functional groups attached to an aromatic ring is 1. The normalized spacial score (nSPS) is 13.3. The van der Waals surface area contributed by atoms with Crippen LogP contribution in [0.1, 0.15) is 13.0 Å². The van der Waals surface area contributed by atoms with E-state index in [0.29, 0.717) is 5.56 Å². The lowest BCUT2D eigenvalue weighted by molar-refractivity contribution is 0.509. The number of halogens is 1.